The van der Waals surface area contributed by atoms with E-state index in [9.17, 15) is 14.4 Å². The fraction of sp³-hybridized carbons (Fsp3) is 0.650. The lowest BCUT2D eigenvalue weighted by atomic mass is 9.97. The number of furan rings is 1. The topological polar surface area (TPSA) is 89.3 Å². The minimum absolute atomic E-state index is 0.0536. The number of rotatable bonds is 7. The molecule has 1 amide bonds. The molecule has 0 aliphatic carbocycles. The third kappa shape index (κ3) is 6.67. The molecule has 2 heterocycles. The Morgan fingerprint density at radius 2 is 1.86 bits per heavy atom. The predicted octanol–water partition coefficient (Wildman–Crippen LogP) is 2.58. The van der Waals surface area contributed by atoms with Crippen molar-refractivity contribution in [2.45, 2.75) is 39.2 Å². The maximum Gasteiger partial charge on any atom is 0.410 e. The Hall–Kier alpha value is -2.35. The van der Waals surface area contributed by atoms with Crippen molar-refractivity contribution < 1.29 is 28.3 Å². The van der Waals surface area contributed by atoms with Gasteiger partial charge >= 0.3 is 12.1 Å². The molecule has 1 aromatic heterocycles. The molecule has 1 fully saturated rings. The Morgan fingerprint density at radius 3 is 2.39 bits per heavy atom. The average Bonchev–Trinajstić information content (AvgIpc) is 3.18. The second kappa shape index (κ2) is 9.73. The highest BCUT2D eigenvalue weighted by Gasteiger charge is 2.28. The van der Waals surface area contributed by atoms with E-state index in [1.54, 1.807) is 17.0 Å². The number of carbonyl (C=O) groups excluding carboxylic acids is 3. The van der Waals surface area contributed by atoms with Gasteiger partial charge < -0.3 is 18.8 Å². The highest BCUT2D eigenvalue weighted by atomic mass is 16.6. The molecule has 1 atom stereocenters. The van der Waals surface area contributed by atoms with E-state index < -0.39 is 17.5 Å². The van der Waals surface area contributed by atoms with Crippen LogP contribution in [0.15, 0.2) is 22.8 Å². The summed E-state index contributed by atoms with van der Waals surface area (Å²) in [7, 11) is 1.33. The summed E-state index contributed by atoms with van der Waals surface area (Å²) in [6.07, 6.45) is 1.69. The first-order chi connectivity index (χ1) is 13.2. The summed E-state index contributed by atoms with van der Waals surface area (Å²) in [5, 5.41) is 0. The Bertz CT molecular complexity index is 657. The normalized spacial score (nSPS) is 16.5. The highest BCUT2D eigenvalue weighted by Crippen LogP contribution is 2.18. The molecule has 1 aromatic rings. The second-order valence-corrected chi connectivity index (χ2v) is 7.92. The Morgan fingerprint density at radius 1 is 1.18 bits per heavy atom. The van der Waals surface area contributed by atoms with Crippen molar-refractivity contribution in [2.24, 2.45) is 5.92 Å². The van der Waals surface area contributed by atoms with Crippen molar-refractivity contribution in [2.75, 3.05) is 39.8 Å². The first-order valence-corrected chi connectivity index (χ1v) is 9.54. The monoisotopic (exact) mass is 394 g/mol. The van der Waals surface area contributed by atoms with Gasteiger partial charge in [-0.05, 0) is 45.9 Å². The van der Waals surface area contributed by atoms with Gasteiger partial charge in [-0.1, -0.05) is 0 Å². The molecule has 0 aromatic carbocycles. The molecule has 28 heavy (non-hydrogen) atoms. The van der Waals surface area contributed by atoms with Crippen molar-refractivity contribution in [3.05, 3.63) is 24.2 Å². The number of amides is 1. The average molecular weight is 394 g/mol. The molecule has 1 aliphatic rings. The van der Waals surface area contributed by atoms with Crippen LogP contribution in [-0.2, 0) is 14.3 Å². The lowest BCUT2D eigenvalue weighted by Gasteiger charge is -2.35. The quantitative estimate of drug-likeness (QED) is 0.519. The maximum absolute atomic E-state index is 12.2. The van der Waals surface area contributed by atoms with Crippen LogP contribution >= 0.6 is 0 Å². The van der Waals surface area contributed by atoms with Crippen LogP contribution in [0.2, 0.25) is 0 Å². The van der Waals surface area contributed by atoms with Gasteiger partial charge in [0.05, 0.1) is 19.3 Å². The first-order valence-electron chi connectivity index (χ1n) is 9.54. The summed E-state index contributed by atoms with van der Waals surface area (Å²) in [5.41, 5.74) is -0.511. The molecule has 0 saturated carbocycles. The molecule has 1 aliphatic heterocycles. The van der Waals surface area contributed by atoms with Gasteiger partial charge in [0.25, 0.3) is 0 Å². The molecule has 0 bridgehead atoms. The summed E-state index contributed by atoms with van der Waals surface area (Å²) in [6.45, 7) is 8.71. The zero-order chi connectivity index (χ0) is 20.7. The number of nitrogens with zero attached hydrogens (tertiary/aromatic N) is 2. The second-order valence-electron chi connectivity index (χ2n) is 7.92. The summed E-state index contributed by atoms with van der Waals surface area (Å²) >= 11 is 0. The highest BCUT2D eigenvalue weighted by molar-refractivity contribution is 5.95. The van der Waals surface area contributed by atoms with E-state index in [0.717, 1.165) is 0 Å². The number of ether oxygens (including phenoxy) is 2. The van der Waals surface area contributed by atoms with Crippen molar-refractivity contribution in [1.82, 2.24) is 9.80 Å². The van der Waals surface area contributed by atoms with Gasteiger partial charge in [0.1, 0.15) is 5.60 Å². The van der Waals surface area contributed by atoms with Crippen LogP contribution in [0.1, 0.15) is 44.2 Å². The number of Topliss-reactive ketones (excluding diaryl/α,β-unsaturated/α-hetero) is 1. The van der Waals surface area contributed by atoms with Crippen LogP contribution in [0.4, 0.5) is 4.79 Å². The van der Waals surface area contributed by atoms with Crippen LogP contribution in [-0.4, -0.2) is 73.1 Å². The van der Waals surface area contributed by atoms with Gasteiger partial charge in [0, 0.05) is 32.6 Å². The molecule has 1 saturated heterocycles. The molecule has 0 radical (unpaired) electrons. The zero-order valence-electron chi connectivity index (χ0n) is 17.1. The molecule has 0 spiro atoms. The van der Waals surface area contributed by atoms with E-state index in [1.807, 2.05) is 20.8 Å². The minimum atomic E-state index is -0.522. The first kappa shape index (κ1) is 21.9. The number of piperazine rings is 1. The van der Waals surface area contributed by atoms with Gasteiger partial charge in [-0.3, -0.25) is 14.5 Å². The lowest BCUT2D eigenvalue weighted by Crippen LogP contribution is -2.50. The van der Waals surface area contributed by atoms with Gasteiger partial charge in [0.15, 0.2) is 11.5 Å². The third-order valence-electron chi connectivity index (χ3n) is 4.58. The van der Waals surface area contributed by atoms with Gasteiger partial charge in [-0.2, -0.15) is 0 Å². The summed E-state index contributed by atoms with van der Waals surface area (Å²) in [5.74, 6) is -0.881. The molecule has 156 valence electrons. The van der Waals surface area contributed by atoms with Crippen LogP contribution in [0.5, 0.6) is 0 Å². The van der Waals surface area contributed by atoms with Crippen molar-refractivity contribution in [3.8, 4) is 0 Å². The van der Waals surface area contributed by atoms with Gasteiger partial charge in [-0.15, -0.1) is 0 Å². The number of carbonyl (C=O) groups is 3. The number of hydrogen-bond acceptors (Lipinski definition) is 7. The zero-order valence-corrected chi connectivity index (χ0v) is 17.1. The Kier molecular flexibility index (Phi) is 7.62. The summed E-state index contributed by atoms with van der Waals surface area (Å²) in [4.78, 5) is 40.3. The van der Waals surface area contributed by atoms with Crippen molar-refractivity contribution in [3.63, 3.8) is 0 Å². The molecule has 8 nitrogen and oxygen atoms in total. The van der Waals surface area contributed by atoms with Crippen molar-refractivity contribution >= 4 is 17.8 Å². The van der Waals surface area contributed by atoms with Crippen molar-refractivity contribution in [1.29, 1.82) is 0 Å². The maximum atomic E-state index is 12.2. The lowest BCUT2D eigenvalue weighted by molar-refractivity contribution is -0.145. The van der Waals surface area contributed by atoms with E-state index in [-0.39, 0.29) is 24.1 Å². The minimum Gasteiger partial charge on any atom is -0.469 e. The SMILES string of the molecule is COC(=O)[C@H](CCN1CCN(C(=O)OC(C)(C)C)CC1)CC(=O)c1ccco1. The third-order valence-corrected chi connectivity index (χ3v) is 4.58. The van der Waals surface area contributed by atoms with Crippen LogP contribution < -0.4 is 0 Å². The molecule has 8 heteroatoms. The largest absolute Gasteiger partial charge is 0.469 e. The van der Waals surface area contributed by atoms with Crippen LogP contribution in [0.25, 0.3) is 0 Å². The van der Waals surface area contributed by atoms with Gasteiger partial charge in [0.2, 0.25) is 0 Å². The van der Waals surface area contributed by atoms with Crippen LogP contribution in [0.3, 0.4) is 0 Å². The Balaban J connectivity index is 1.81. The van der Waals surface area contributed by atoms with E-state index >= 15 is 0 Å². The number of methoxy groups -OCH3 is 1. The fourth-order valence-corrected chi connectivity index (χ4v) is 3.05. The fourth-order valence-electron chi connectivity index (χ4n) is 3.05. The summed E-state index contributed by atoms with van der Waals surface area (Å²) < 4.78 is 15.4. The Labute approximate surface area is 165 Å². The number of esters is 1. The number of hydrogen-bond donors (Lipinski definition) is 0. The van der Waals surface area contributed by atoms with E-state index in [2.05, 4.69) is 4.90 Å². The molecule has 0 N–H and O–H groups in total. The molecule has 2 rings (SSSR count). The van der Waals surface area contributed by atoms with E-state index in [1.165, 1.54) is 13.4 Å². The summed E-state index contributed by atoms with van der Waals surface area (Å²) in [6, 6.07) is 3.23. The van der Waals surface area contributed by atoms with Gasteiger partial charge in [-0.25, -0.2) is 4.79 Å². The van der Waals surface area contributed by atoms with Crippen LogP contribution in [0, 0.1) is 5.92 Å². The van der Waals surface area contributed by atoms with E-state index in [0.29, 0.717) is 39.1 Å². The smallest absolute Gasteiger partial charge is 0.410 e. The molecular weight excluding hydrogens is 364 g/mol. The van der Waals surface area contributed by atoms with E-state index in [4.69, 9.17) is 13.9 Å². The molecular formula is C20H30N2O6. The number of ketones is 1. The predicted molar refractivity (Wildman–Crippen MR) is 102 cm³/mol. The molecule has 0 unspecified atom stereocenters. The standard InChI is InChI=1S/C20H30N2O6/c1-20(2,3)28-19(25)22-11-9-21(10-12-22)8-7-15(18(24)26-4)14-16(23)17-6-5-13-27-17/h5-6,13,15H,7-12,14H2,1-4H3/t15-/m1/s1.